The number of aliphatic hydroxyl groups excluding tert-OH is 1. The molecule has 0 aliphatic carbocycles. The van der Waals surface area contributed by atoms with Gasteiger partial charge in [0.15, 0.2) is 5.76 Å². The number of likely N-dealkylation sites (tertiary alicyclic amines) is 1. The summed E-state index contributed by atoms with van der Waals surface area (Å²) < 4.78 is 16.8. The third-order valence-electron chi connectivity index (χ3n) is 6.06. The Kier molecular flexibility index (Phi) is 7.42. The zero-order valence-electron chi connectivity index (χ0n) is 18.7. The number of carbonyl (C=O) groups is 2. The van der Waals surface area contributed by atoms with Gasteiger partial charge in [0.25, 0.3) is 5.91 Å². The minimum Gasteiger partial charge on any atom is -0.465 e. The number of ether oxygens (including phenoxy) is 3. The number of esters is 1. The molecule has 0 unspecified atom stereocenters. The Balaban J connectivity index is 1.51. The van der Waals surface area contributed by atoms with Gasteiger partial charge in [-0.15, -0.1) is 0 Å². The number of allylic oxidation sites excluding steroid dienone is 1. The van der Waals surface area contributed by atoms with Crippen LogP contribution in [0.2, 0.25) is 0 Å². The fourth-order valence-electron chi connectivity index (χ4n) is 4.13. The highest BCUT2D eigenvalue weighted by molar-refractivity contribution is 5.92. The molecule has 2 aliphatic heterocycles. The summed E-state index contributed by atoms with van der Waals surface area (Å²) in [5.74, 6) is -0.272. The van der Waals surface area contributed by atoms with Crippen LogP contribution >= 0.6 is 0 Å². The molecule has 2 aliphatic rings. The Bertz CT molecular complexity index is 992. The highest BCUT2D eigenvalue weighted by Gasteiger charge is 2.32. The van der Waals surface area contributed by atoms with Gasteiger partial charge in [-0.2, -0.15) is 0 Å². The number of nitrogens with zero attached hydrogens (tertiary/aromatic N) is 1. The van der Waals surface area contributed by atoms with Crippen LogP contribution in [-0.4, -0.2) is 48.4 Å². The monoisotopic (exact) mass is 451 g/mol. The summed E-state index contributed by atoms with van der Waals surface area (Å²) in [6.07, 6.45) is 3.83. The summed E-state index contributed by atoms with van der Waals surface area (Å²) in [5.41, 5.74) is 3.24. The molecule has 2 aromatic rings. The van der Waals surface area contributed by atoms with Gasteiger partial charge in [-0.1, -0.05) is 36.4 Å². The van der Waals surface area contributed by atoms with Crippen molar-refractivity contribution in [3.8, 4) is 0 Å². The second-order valence-corrected chi connectivity index (χ2v) is 8.32. The van der Waals surface area contributed by atoms with Crippen molar-refractivity contribution in [2.75, 3.05) is 20.2 Å². The Labute approximate surface area is 193 Å². The van der Waals surface area contributed by atoms with Crippen LogP contribution in [0.4, 0.5) is 0 Å². The Hall–Kier alpha value is -3.16. The summed E-state index contributed by atoms with van der Waals surface area (Å²) in [4.78, 5) is 26.6. The van der Waals surface area contributed by atoms with Crippen LogP contribution in [0, 0.1) is 0 Å². The van der Waals surface area contributed by atoms with E-state index in [-0.39, 0.29) is 24.4 Å². The van der Waals surface area contributed by atoms with E-state index in [0.717, 1.165) is 42.6 Å². The standard InChI is InChI=1S/C26H29NO6/c1-31-26(30)21-10-8-20(9-11-21)22-14-23(25(29)27-12-2-3-13-27)33-24(15-22)32-17-19-6-4-18(16-28)5-7-19/h4-11,14,22,24,28H,2-3,12-13,15-17H2,1H3/t22-,24+/m0/s1. The van der Waals surface area contributed by atoms with Crippen molar-refractivity contribution in [1.29, 1.82) is 0 Å². The lowest BCUT2D eigenvalue weighted by molar-refractivity contribution is -0.155. The summed E-state index contributed by atoms with van der Waals surface area (Å²) in [6.45, 7) is 1.80. The van der Waals surface area contributed by atoms with Crippen LogP contribution in [0.5, 0.6) is 0 Å². The molecular formula is C26H29NO6. The number of carbonyl (C=O) groups excluding carboxylic acids is 2. The lowest BCUT2D eigenvalue weighted by atomic mass is 9.92. The maximum atomic E-state index is 13.0. The number of benzene rings is 2. The molecular weight excluding hydrogens is 422 g/mol. The van der Waals surface area contributed by atoms with Gasteiger partial charge < -0.3 is 24.2 Å². The van der Waals surface area contributed by atoms with Gasteiger partial charge in [-0.3, -0.25) is 4.79 Å². The molecule has 1 saturated heterocycles. The first kappa shape index (κ1) is 23.0. The first-order valence-electron chi connectivity index (χ1n) is 11.2. The molecule has 0 aromatic heterocycles. The van der Waals surface area contributed by atoms with Crippen molar-refractivity contribution in [2.24, 2.45) is 0 Å². The number of hydrogen-bond donors (Lipinski definition) is 1. The van der Waals surface area contributed by atoms with Crippen LogP contribution in [0.25, 0.3) is 0 Å². The second-order valence-electron chi connectivity index (χ2n) is 8.32. The normalized spacial score (nSPS) is 20.2. The van der Waals surface area contributed by atoms with Gasteiger partial charge in [0.1, 0.15) is 0 Å². The van der Waals surface area contributed by atoms with E-state index in [2.05, 4.69) is 0 Å². The van der Waals surface area contributed by atoms with Crippen molar-refractivity contribution in [3.05, 3.63) is 82.6 Å². The van der Waals surface area contributed by atoms with Gasteiger partial charge >= 0.3 is 5.97 Å². The van der Waals surface area contributed by atoms with Crippen LogP contribution in [0.1, 0.15) is 52.2 Å². The lowest BCUT2D eigenvalue weighted by Crippen LogP contribution is -2.34. The van der Waals surface area contributed by atoms with Gasteiger partial charge in [0.2, 0.25) is 6.29 Å². The number of amides is 1. The molecule has 1 N–H and O–H groups in total. The third kappa shape index (κ3) is 5.61. The van der Waals surface area contributed by atoms with Crippen molar-refractivity contribution in [2.45, 2.75) is 44.7 Å². The number of methoxy groups -OCH3 is 1. The summed E-state index contributed by atoms with van der Waals surface area (Å²) in [5, 5.41) is 9.21. The van der Waals surface area contributed by atoms with E-state index in [9.17, 15) is 14.7 Å². The van der Waals surface area contributed by atoms with Crippen LogP contribution in [0.15, 0.2) is 60.4 Å². The maximum absolute atomic E-state index is 13.0. The first-order valence-corrected chi connectivity index (χ1v) is 11.2. The molecule has 4 rings (SSSR count). The van der Waals surface area contributed by atoms with Crippen LogP contribution < -0.4 is 0 Å². The Morgan fingerprint density at radius 3 is 2.33 bits per heavy atom. The third-order valence-corrected chi connectivity index (χ3v) is 6.06. The fraction of sp³-hybridized carbons (Fsp3) is 0.385. The van der Waals surface area contributed by atoms with E-state index in [1.54, 1.807) is 12.1 Å². The van der Waals surface area contributed by atoms with Crippen molar-refractivity contribution >= 4 is 11.9 Å². The smallest absolute Gasteiger partial charge is 0.337 e. The quantitative estimate of drug-likeness (QED) is 0.649. The summed E-state index contributed by atoms with van der Waals surface area (Å²) in [6, 6.07) is 14.7. The molecule has 1 amide bonds. The minimum absolute atomic E-state index is 0.00388. The Morgan fingerprint density at radius 1 is 1.03 bits per heavy atom. The van der Waals surface area contributed by atoms with Crippen LogP contribution in [-0.2, 0) is 32.2 Å². The number of rotatable bonds is 7. The zero-order valence-corrected chi connectivity index (χ0v) is 18.7. The van der Waals surface area contributed by atoms with Gasteiger partial charge in [0, 0.05) is 25.4 Å². The average Bonchev–Trinajstić information content (AvgIpc) is 3.42. The molecule has 174 valence electrons. The van der Waals surface area contributed by atoms with Crippen molar-refractivity contribution < 1.29 is 28.9 Å². The molecule has 2 atom stereocenters. The zero-order chi connectivity index (χ0) is 23.2. The maximum Gasteiger partial charge on any atom is 0.337 e. The summed E-state index contributed by atoms with van der Waals surface area (Å²) in [7, 11) is 1.35. The molecule has 0 radical (unpaired) electrons. The van der Waals surface area contributed by atoms with Crippen LogP contribution in [0.3, 0.4) is 0 Å². The SMILES string of the molecule is COC(=O)c1ccc([C@H]2C=C(C(=O)N3CCCC3)O[C@@H](OCc3ccc(CO)cc3)C2)cc1. The number of hydrogen-bond acceptors (Lipinski definition) is 6. The second kappa shape index (κ2) is 10.6. The topological polar surface area (TPSA) is 85.3 Å². The van der Waals surface area contributed by atoms with E-state index in [1.807, 2.05) is 47.4 Å². The van der Waals surface area contributed by atoms with E-state index < -0.39 is 6.29 Å². The highest BCUT2D eigenvalue weighted by atomic mass is 16.7. The van der Waals surface area contributed by atoms with Gasteiger partial charge in [-0.05, 0) is 47.7 Å². The van der Waals surface area contributed by atoms with Gasteiger partial charge in [-0.25, -0.2) is 4.79 Å². The molecule has 2 heterocycles. The molecule has 1 fully saturated rings. The van der Waals surface area contributed by atoms with Crippen molar-refractivity contribution in [1.82, 2.24) is 4.90 Å². The largest absolute Gasteiger partial charge is 0.465 e. The molecule has 33 heavy (non-hydrogen) atoms. The van der Waals surface area contributed by atoms with E-state index >= 15 is 0 Å². The lowest BCUT2D eigenvalue weighted by Gasteiger charge is -2.31. The van der Waals surface area contributed by atoms with E-state index in [4.69, 9.17) is 14.2 Å². The molecule has 0 spiro atoms. The fourth-order valence-corrected chi connectivity index (χ4v) is 4.13. The van der Waals surface area contributed by atoms with E-state index in [0.29, 0.717) is 24.4 Å². The highest BCUT2D eigenvalue weighted by Crippen LogP contribution is 2.33. The molecule has 0 saturated carbocycles. The molecule has 0 bridgehead atoms. The minimum atomic E-state index is -0.584. The predicted octanol–water partition coefficient (Wildman–Crippen LogP) is 3.52. The molecule has 7 nitrogen and oxygen atoms in total. The predicted molar refractivity (Wildman–Crippen MR) is 121 cm³/mol. The number of aliphatic hydroxyl groups is 1. The molecule has 7 heteroatoms. The van der Waals surface area contributed by atoms with Crippen molar-refractivity contribution in [3.63, 3.8) is 0 Å². The average molecular weight is 452 g/mol. The van der Waals surface area contributed by atoms with Gasteiger partial charge in [0.05, 0.1) is 25.9 Å². The first-order chi connectivity index (χ1) is 16.1. The summed E-state index contributed by atoms with van der Waals surface area (Å²) >= 11 is 0. The van der Waals surface area contributed by atoms with E-state index in [1.165, 1.54) is 7.11 Å². The molecule has 2 aromatic carbocycles. The Morgan fingerprint density at radius 2 is 1.70 bits per heavy atom.